The highest BCUT2D eigenvalue weighted by Gasteiger charge is 2.02. The van der Waals surface area contributed by atoms with Gasteiger partial charge in [0.05, 0.1) is 0 Å². The van der Waals surface area contributed by atoms with Gasteiger partial charge >= 0.3 is 0 Å². The lowest BCUT2D eigenvalue weighted by Gasteiger charge is -2.14. The Bertz CT molecular complexity index is 37.8. The molecule has 0 saturated heterocycles. The third kappa shape index (κ3) is 17.0. The van der Waals surface area contributed by atoms with Gasteiger partial charge in [-0.15, -0.1) is 0 Å². The first-order valence-corrected chi connectivity index (χ1v) is 2.37. The number of nitrogens with two attached hydrogens (primary N) is 3. The van der Waals surface area contributed by atoms with Crippen LogP contribution in [-0.2, 0) is 0 Å². The van der Waals surface area contributed by atoms with Crippen molar-refractivity contribution in [3.63, 3.8) is 0 Å². The van der Waals surface area contributed by atoms with Gasteiger partial charge in [0.2, 0.25) is 0 Å². The molecule has 0 aliphatic heterocycles. The maximum atomic E-state index is 5.06. The summed E-state index contributed by atoms with van der Waals surface area (Å²) in [6.07, 6.45) is 0. The topological polar surface area (TPSA) is 90.1 Å². The smallest absolute Gasteiger partial charge is 0.0236 e. The molecular weight excluding hydrogens is 104 g/mol. The summed E-state index contributed by atoms with van der Waals surface area (Å²) in [5.41, 5.74) is 2.67. The molecule has 0 saturated carbocycles. The Kier molecular flexibility index (Phi) is 6.70. The molecular formula is C4H16N4. The van der Waals surface area contributed by atoms with Crippen LogP contribution >= 0.6 is 0 Å². The average Bonchev–Trinajstić information content (AvgIpc) is 1.71. The van der Waals surface area contributed by atoms with Crippen LogP contribution in [0.5, 0.6) is 0 Å². The molecule has 8 heavy (non-hydrogen) atoms. The Morgan fingerprint density at radius 3 is 1.25 bits per heavy atom. The minimum atomic E-state index is 0.0694. The standard InChI is InChI=1S/C4H12N2.H4N2/c1-4(2,3)6-5;1-2/h6H,5H2,1-3H3;1-2H2. The second kappa shape index (κ2) is 4.99. The third-order valence-electron chi connectivity index (χ3n) is 0.433. The molecule has 0 aliphatic rings. The van der Waals surface area contributed by atoms with E-state index < -0.39 is 0 Å². The average molecular weight is 120 g/mol. The Hall–Kier alpha value is -0.160. The van der Waals surface area contributed by atoms with Gasteiger partial charge < -0.3 is 0 Å². The van der Waals surface area contributed by atoms with Gasteiger partial charge in [0.15, 0.2) is 0 Å². The Morgan fingerprint density at radius 1 is 1.12 bits per heavy atom. The number of rotatable bonds is 0. The zero-order valence-corrected chi connectivity index (χ0v) is 5.73. The molecule has 0 aromatic rings. The molecule has 0 bridgehead atoms. The highest BCUT2D eigenvalue weighted by atomic mass is 15.2. The van der Waals surface area contributed by atoms with Crippen molar-refractivity contribution in [2.75, 3.05) is 0 Å². The van der Waals surface area contributed by atoms with Gasteiger partial charge in [-0.1, -0.05) is 0 Å². The maximum Gasteiger partial charge on any atom is 0.0236 e. The molecule has 0 aromatic heterocycles. The van der Waals surface area contributed by atoms with Crippen molar-refractivity contribution in [3.05, 3.63) is 0 Å². The minimum absolute atomic E-state index is 0.0694. The summed E-state index contributed by atoms with van der Waals surface area (Å²) in [4.78, 5) is 0. The van der Waals surface area contributed by atoms with Crippen molar-refractivity contribution >= 4 is 0 Å². The molecule has 0 rings (SSSR count). The van der Waals surface area contributed by atoms with Gasteiger partial charge in [-0.3, -0.25) is 23.0 Å². The van der Waals surface area contributed by atoms with Gasteiger partial charge in [0, 0.05) is 5.54 Å². The summed E-state index contributed by atoms with van der Waals surface area (Å²) in [5.74, 6) is 13.1. The van der Waals surface area contributed by atoms with Crippen molar-refractivity contribution < 1.29 is 0 Å². The van der Waals surface area contributed by atoms with Crippen LogP contribution < -0.4 is 23.0 Å². The van der Waals surface area contributed by atoms with Crippen molar-refractivity contribution in [3.8, 4) is 0 Å². The molecule has 0 radical (unpaired) electrons. The summed E-state index contributed by atoms with van der Waals surface area (Å²) in [6, 6.07) is 0. The zero-order valence-electron chi connectivity index (χ0n) is 5.73. The summed E-state index contributed by atoms with van der Waals surface area (Å²) >= 11 is 0. The lowest BCUT2D eigenvalue weighted by Crippen LogP contribution is -2.41. The molecule has 0 fully saturated rings. The van der Waals surface area contributed by atoms with Gasteiger partial charge in [0.25, 0.3) is 0 Å². The number of nitrogens with one attached hydrogen (secondary N) is 1. The second-order valence-electron chi connectivity index (χ2n) is 2.39. The summed E-state index contributed by atoms with van der Waals surface area (Å²) < 4.78 is 0. The van der Waals surface area contributed by atoms with Crippen LogP contribution in [0.4, 0.5) is 0 Å². The zero-order chi connectivity index (χ0) is 7.21. The van der Waals surface area contributed by atoms with Crippen LogP contribution in [0.15, 0.2) is 0 Å². The molecule has 0 spiro atoms. The van der Waals surface area contributed by atoms with E-state index in [9.17, 15) is 0 Å². The van der Waals surface area contributed by atoms with Gasteiger partial charge in [-0.25, -0.2) is 0 Å². The lowest BCUT2D eigenvalue weighted by molar-refractivity contribution is 0.438. The van der Waals surface area contributed by atoms with Crippen LogP contribution in [0.1, 0.15) is 20.8 Å². The van der Waals surface area contributed by atoms with E-state index in [4.69, 9.17) is 5.84 Å². The molecule has 0 unspecified atom stereocenters. The molecule has 0 amide bonds. The second-order valence-corrected chi connectivity index (χ2v) is 2.39. The Balaban J connectivity index is 0. The fourth-order valence-electron chi connectivity index (χ4n) is 0. The Morgan fingerprint density at radius 2 is 1.25 bits per heavy atom. The molecule has 52 valence electrons. The van der Waals surface area contributed by atoms with Crippen LogP contribution in [0.2, 0.25) is 0 Å². The van der Waals surface area contributed by atoms with Gasteiger partial charge in [0.1, 0.15) is 0 Å². The molecule has 4 nitrogen and oxygen atoms in total. The van der Waals surface area contributed by atoms with Crippen molar-refractivity contribution in [1.29, 1.82) is 0 Å². The van der Waals surface area contributed by atoms with Gasteiger partial charge in [-0.05, 0) is 20.8 Å². The maximum absolute atomic E-state index is 5.06. The van der Waals surface area contributed by atoms with Crippen molar-refractivity contribution in [2.45, 2.75) is 26.3 Å². The fraction of sp³-hybridized carbons (Fsp3) is 1.00. The van der Waals surface area contributed by atoms with Crippen molar-refractivity contribution in [1.82, 2.24) is 5.43 Å². The van der Waals surface area contributed by atoms with Crippen molar-refractivity contribution in [2.24, 2.45) is 17.5 Å². The molecule has 0 aromatic carbocycles. The summed E-state index contributed by atoms with van der Waals surface area (Å²) in [7, 11) is 0. The van der Waals surface area contributed by atoms with E-state index in [1.807, 2.05) is 20.8 Å². The number of hydrazine groups is 2. The van der Waals surface area contributed by atoms with E-state index >= 15 is 0 Å². The van der Waals surface area contributed by atoms with Crippen LogP contribution in [0.25, 0.3) is 0 Å². The number of hydrogen-bond donors (Lipinski definition) is 4. The highest BCUT2D eigenvalue weighted by molar-refractivity contribution is 4.63. The fourth-order valence-corrected chi connectivity index (χ4v) is 0. The first-order chi connectivity index (χ1) is 3.56. The summed E-state index contributed by atoms with van der Waals surface area (Å²) in [5, 5.41) is 0. The SMILES string of the molecule is CC(C)(C)NN.NN. The van der Waals surface area contributed by atoms with E-state index in [0.29, 0.717) is 0 Å². The number of hydrogen-bond acceptors (Lipinski definition) is 4. The van der Waals surface area contributed by atoms with Crippen LogP contribution in [0, 0.1) is 0 Å². The largest absolute Gasteiger partial charge is 0.274 e. The Labute approximate surface area is 50.3 Å². The lowest BCUT2D eigenvalue weighted by atomic mass is 10.1. The van der Waals surface area contributed by atoms with E-state index in [1.165, 1.54) is 0 Å². The van der Waals surface area contributed by atoms with Crippen LogP contribution in [-0.4, -0.2) is 5.54 Å². The first-order valence-electron chi connectivity index (χ1n) is 2.37. The quantitative estimate of drug-likeness (QED) is 0.245. The summed E-state index contributed by atoms with van der Waals surface area (Å²) in [6.45, 7) is 6.02. The molecule has 0 atom stereocenters. The van der Waals surface area contributed by atoms with Crippen LogP contribution in [0.3, 0.4) is 0 Å². The predicted octanol–water partition coefficient (Wildman–Crippen LogP) is -0.933. The van der Waals surface area contributed by atoms with E-state index in [1.54, 1.807) is 0 Å². The molecule has 0 aliphatic carbocycles. The monoisotopic (exact) mass is 120 g/mol. The van der Waals surface area contributed by atoms with E-state index in [-0.39, 0.29) is 5.54 Å². The minimum Gasteiger partial charge on any atom is -0.274 e. The molecule has 7 N–H and O–H groups in total. The predicted molar refractivity (Wildman–Crippen MR) is 35.5 cm³/mol. The highest BCUT2D eigenvalue weighted by Crippen LogP contribution is 1.92. The van der Waals surface area contributed by atoms with Gasteiger partial charge in [-0.2, -0.15) is 0 Å². The molecule has 0 heterocycles. The molecule has 4 heteroatoms. The third-order valence-corrected chi connectivity index (χ3v) is 0.433. The first kappa shape index (κ1) is 10.8. The normalized spacial score (nSPS) is 9.75. The van der Waals surface area contributed by atoms with E-state index in [0.717, 1.165) is 0 Å². The van der Waals surface area contributed by atoms with E-state index in [2.05, 4.69) is 17.1 Å².